The van der Waals surface area contributed by atoms with Crippen LogP contribution in [0.2, 0.25) is 5.15 Å². The maximum Gasteiger partial charge on any atom is 0.241 e. The predicted octanol–water partition coefficient (Wildman–Crippen LogP) is 2.00. The lowest BCUT2D eigenvalue weighted by Crippen LogP contribution is -2.38. The van der Waals surface area contributed by atoms with Crippen LogP contribution in [0, 0.1) is 0 Å². The topological polar surface area (TPSA) is 76.9 Å². The Morgan fingerprint density at radius 2 is 2.19 bits per heavy atom. The van der Waals surface area contributed by atoms with Gasteiger partial charge in [0.25, 0.3) is 0 Å². The normalized spacial score (nSPS) is 22.5. The zero-order valence-electron chi connectivity index (χ0n) is 11.2. The van der Waals surface area contributed by atoms with Crippen molar-refractivity contribution in [3.8, 4) is 0 Å². The fourth-order valence-electron chi connectivity index (χ4n) is 2.72. The molecule has 1 aliphatic carbocycles. The van der Waals surface area contributed by atoms with Crippen LogP contribution in [0.1, 0.15) is 25.3 Å². The quantitative estimate of drug-likeness (QED) is 0.872. The molecule has 1 aliphatic rings. The summed E-state index contributed by atoms with van der Waals surface area (Å²) < 4.78 is 29.6. The van der Waals surface area contributed by atoms with E-state index in [4.69, 9.17) is 11.6 Å². The van der Waals surface area contributed by atoms with Crippen LogP contribution in [-0.4, -0.2) is 29.0 Å². The van der Waals surface area contributed by atoms with Crippen LogP contribution < -0.4 is 4.72 Å². The summed E-state index contributed by atoms with van der Waals surface area (Å²) >= 11 is 5.76. The van der Waals surface area contributed by atoms with Gasteiger partial charge in [0.1, 0.15) is 5.15 Å². The Hall–Kier alpha value is -1.44. The maximum atomic E-state index is 12.4. The molecule has 21 heavy (non-hydrogen) atoms. The van der Waals surface area contributed by atoms with Crippen LogP contribution in [-0.2, 0) is 10.0 Å². The van der Waals surface area contributed by atoms with Gasteiger partial charge >= 0.3 is 0 Å². The van der Waals surface area contributed by atoms with Crippen molar-refractivity contribution in [2.45, 2.75) is 36.2 Å². The SMILES string of the molecule is O=S(=O)(NC1CCCC1n1ccnc1)c1ccnc(Cl)c1. The monoisotopic (exact) mass is 326 g/mol. The number of sulfonamides is 1. The summed E-state index contributed by atoms with van der Waals surface area (Å²) in [5, 5.41) is 0.162. The van der Waals surface area contributed by atoms with Crippen LogP contribution in [0.15, 0.2) is 41.9 Å². The Morgan fingerprint density at radius 1 is 1.33 bits per heavy atom. The molecular weight excluding hydrogens is 312 g/mol. The molecule has 3 rings (SSSR count). The molecular formula is C13H15ClN4O2S. The van der Waals surface area contributed by atoms with Gasteiger partial charge in [0.05, 0.1) is 17.3 Å². The lowest BCUT2D eigenvalue weighted by Gasteiger charge is -2.22. The second kappa shape index (κ2) is 5.75. The third kappa shape index (κ3) is 3.09. The van der Waals surface area contributed by atoms with E-state index in [0.29, 0.717) is 0 Å². The Balaban J connectivity index is 1.82. The number of nitrogens with one attached hydrogen (secondary N) is 1. The molecule has 1 fully saturated rings. The minimum atomic E-state index is -3.60. The van der Waals surface area contributed by atoms with Crippen molar-refractivity contribution < 1.29 is 8.42 Å². The van der Waals surface area contributed by atoms with Gasteiger partial charge < -0.3 is 4.57 Å². The molecule has 8 heteroatoms. The van der Waals surface area contributed by atoms with Crippen molar-refractivity contribution in [2.24, 2.45) is 0 Å². The molecule has 0 radical (unpaired) electrons. The third-order valence-electron chi connectivity index (χ3n) is 3.70. The van der Waals surface area contributed by atoms with E-state index in [1.165, 1.54) is 18.3 Å². The number of hydrogen-bond donors (Lipinski definition) is 1. The van der Waals surface area contributed by atoms with Gasteiger partial charge in [-0.05, 0) is 31.4 Å². The van der Waals surface area contributed by atoms with Crippen LogP contribution in [0.5, 0.6) is 0 Å². The molecule has 2 aromatic heterocycles. The summed E-state index contributed by atoms with van der Waals surface area (Å²) in [6, 6.07) is 2.75. The molecule has 0 spiro atoms. The summed E-state index contributed by atoms with van der Waals surface area (Å²) in [7, 11) is -3.60. The van der Waals surface area contributed by atoms with Crippen LogP contribution in [0.3, 0.4) is 0 Å². The van der Waals surface area contributed by atoms with Gasteiger partial charge in [-0.1, -0.05) is 11.6 Å². The van der Waals surface area contributed by atoms with Crippen molar-refractivity contribution in [1.29, 1.82) is 0 Å². The lowest BCUT2D eigenvalue weighted by atomic mass is 10.2. The Kier molecular flexibility index (Phi) is 3.97. The molecule has 0 amide bonds. The minimum Gasteiger partial charge on any atom is -0.333 e. The zero-order chi connectivity index (χ0) is 14.9. The third-order valence-corrected chi connectivity index (χ3v) is 5.40. The highest BCUT2D eigenvalue weighted by molar-refractivity contribution is 7.89. The van der Waals surface area contributed by atoms with E-state index < -0.39 is 10.0 Å². The molecule has 0 aliphatic heterocycles. The first-order valence-electron chi connectivity index (χ1n) is 6.67. The van der Waals surface area contributed by atoms with Crippen molar-refractivity contribution in [3.63, 3.8) is 0 Å². The van der Waals surface area contributed by atoms with Crippen molar-refractivity contribution in [1.82, 2.24) is 19.3 Å². The molecule has 2 heterocycles. The highest BCUT2D eigenvalue weighted by Gasteiger charge is 2.32. The van der Waals surface area contributed by atoms with Gasteiger partial charge in [-0.25, -0.2) is 23.1 Å². The molecule has 0 bridgehead atoms. The maximum absolute atomic E-state index is 12.4. The van der Waals surface area contributed by atoms with Crippen molar-refractivity contribution in [3.05, 3.63) is 42.2 Å². The summed E-state index contributed by atoms with van der Waals surface area (Å²) in [5.41, 5.74) is 0. The van der Waals surface area contributed by atoms with Gasteiger partial charge in [-0.15, -0.1) is 0 Å². The largest absolute Gasteiger partial charge is 0.333 e. The first-order chi connectivity index (χ1) is 10.1. The Bertz CT molecular complexity index is 718. The number of rotatable bonds is 4. The van der Waals surface area contributed by atoms with E-state index in [1.807, 2.05) is 10.8 Å². The molecule has 0 saturated heterocycles. The summed E-state index contributed by atoms with van der Waals surface area (Å²) in [6.07, 6.45) is 9.39. The van der Waals surface area contributed by atoms with Crippen LogP contribution >= 0.6 is 11.6 Å². The summed E-state index contributed by atoms with van der Waals surface area (Å²) in [4.78, 5) is 7.97. The molecule has 2 aromatic rings. The summed E-state index contributed by atoms with van der Waals surface area (Å²) in [5.74, 6) is 0. The molecule has 0 aromatic carbocycles. The van der Waals surface area contributed by atoms with Gasteiger partial charge in [0, 0.05) is 24.6 Å². The van der Waals surface area contributed by atoms with Crippen LogP contribution in [0.25, 0.3) is 0 Å². The van der Waals surface area contributed by atoms with Crippen molar-refractivity contribution >= 4 is 21.6 Å². The van der Waals surface area contributed by atoms with E-state index in [-0.39, 0.29) is 22.1 Å². The standard InChI is InChI=1S/C13H15ClN4O2S/c14-13-8-10(4-5-16-13)21(19,20)17-11-2-1-3-12(11)18-7-6-15-9-18/h4-9,11-12,17H,1-3H2. The summed E-state index contributed by atoms with van der Waals surface area (Å²) in [6.45, 7) is 0. The van der Waals surface area contributed by atoms with E-state index in [2.05, 4.69) is 14.7 Å². The molecule has 1 saturated carbocycles. The number of imidazole rings is 1. The van der Waals surface area contributed by atoms with E-state index in [9.17, 15) is 8.42 Å². The molecule has 112 valence electrons. The van der Waals surface area contributed by atoms with E-state index in [0.717, 1.165) is 19.3 Å². The molecule has 2 atom stereocenters. The fraction of sp³-hybridized carbons (Fsp3) is 0.385. The van der Waals surface area contributed by atoms with Gasteiger partial charge in [-0.2, -0.15) is 0 Å². The van der Waals surface area contributed by atoms with E-state index in [1.54, 1.807) is 12.5 Å². The Morgan fingerprint density at radius 3 is 2.90 bits per heavy atom. The van der Waals surface area contributed by atoms with Crippen molar-refractivity contribution in [2.75, 3.05) is 0 Å². The number of pyridine rings is 1. The average molecular weight is 327 g/mol. The minimum absolute atomic E-state index is 0.0968. The highest BCUT2D eigenvalue weighted by Crippen LogP contribution is 2.31. The van der Waals surface area contributed by atoms with Crippen LogP contribution in [0.4, 0.5) is 0 Å². The Labute approximate surface area is 128 Å². The second-order valence-electron chi connectivity index (χ2n) is 5.05. The average Bonchev–Trinajstić information content (AvgIpc) is 3.08. The van der Waals surface area contributed by atoms with Gasteiger partial charge in [0.2, 0.25) is 10.0 Å². The first kappa shape index (κ1) is 14.5. The molecule has 1 N–H and O–H groups in total. The molecule has 6 nitrogen and oxygen atoms in total. The molecule has 2 unspecified atom stereocenters. The van der Waals surface area contributed by atoms with E-state index >= 15 is 0 Å². The highest BCUT2D eigenvalue weighted by atomic mass is 35.5. The smallest absolute Gasteiger partial charge is 0.241 e. The number of nitrogens with zero attached hydrogens (tertiary/aromatic N) is 3. The lowest BCUT2D eigenvalue weighted by molar-refractivity contribution is 0.431. The van der Waals surface area contributed by atoms with Gasteiger partial charge in [0.15, 0.2) is 0 Å². The second-order valence-corrected chi connectivity index (χ2v) is 7.15. The number of hydrogen-bond acceptors (Lipinski definition) is 4. The number of halogens is 1. The predicted molar refractivity (Wildman–Crippen MR) is 78.5 cm³/mol. The number of aromatic nitrogens is 3. The fourth-order valence-corrected chi connectivity index (χ4v) is 4.27. The first-order valence-corrected chi connectivity index (χ1v) is 8.54. The van der Waals surface area contributed by atoms with Gasteiger partial charge in [-0.3, -0.25) is 0 Å². The zero-order valence-corrected chi connectivity index (χ0v) is 12.8.